The van der Waals surface area contributed by atoms with Crippen molar-refractivity contribution in [2.45, 2.75) is 96.9 Å². The highest BCUT2D eigenvalue weighted by molar-refractivity contribution is 6.74. The first-order valence-corrected chi connectivity index (χ1v) is 13.8. The van der Waals surface area contributed by atoms with Crippen LogP contribution < -0.4 is 0 Å². The van der Waals surface area contributed by atoms with Crippen LogP contribution in [0.15, 0.2) is 12.2 Å². The number of allylic oxidation sites excluding steroid dienone is 1. The predicted octanol–water partition coefficient (Wildman–Crippen LogP) is 5.87. The molecule has 31 heavy (non-hydrogen) atoms. The van der Waals surface area contributed by atoms with Crippen molar-refractivity contribution in [1.82, 2.24) is 0 Å². The monoisotopic (exact) mass is 438 g/mol. The highest BCUT2D eigenvalue weighted by Crippen LogP contribution is 2.37. The lowest BCUT2D eigenvalue weighted by Crippen LogP contribution is -2.43. The van der Waals surface area contributed by atoms with Crippen LogP contribution in [0.1, 0.15) is 72.6 Å². The van der Waals surface area contributed by atoms with Crippen molar-refractivity contribution in [2.24, 2.45) is 0 Å². The van der Waals surface area contributed by atoms with Gasteiger partial charge in [0, 0.05) is 12.8 Å². The van der Waals surface area contributed by atoms with Gasteiger partial charge in [-0.2, -0.15) is 0 Å². The molecule has 0 aliphatic carbocycles. The lowest BCUT2D eigenvalue weighted by Gasteiger charge is -2.38. The van der Waals surface area contributed by atoms with Crippen molar-refractivity contribution in [3.05, 3.63) is 12.2 Å². The first kappa shape index (κ1) is 28.6. The molecule has 0 saturated heterocycles. The van der Waals surface area contributed by atoms with E-state index in [1.165, 1.54) is 7.11 Å². The number of carbonyl (C=O) groups excluding carboxylic acids is 1. The van der Waals surface area contributed by atoms with Gasteiger partial charge in [-0.1, -0.05) is 69.1 Å². The number of rotatable bonds is 7. The summed E-state index contributed by atoms with van der Waals surface area (Å²) in [5.41, 5.74) is 0. The molecule has 0 unspecified atom stereocenters. The summed E-state index contributed by atoms with van der Waals surface area (Å²) in [4.78, 5) is 10.9. The molecule has 0 bridgehead atoms. The fraction of sp³-hybridized carbons (Fsp3) is 0.593. The third kappa shape index (κ3) is 15.1. The number of hydrogen-bond acceptors (Lipinski definition) is 3. The number of carbonyl (C=O) groups is 1. The minimum absolute atomic E-state index is 0.118. The number of hydrogen-bond donors (Lipinski definition) is 0. The standard InChI is InChI=1S/C27H38O3Si/c1-8-25(30-31(6,7)27(2,3)4)23-21-19-17-15-13-11-9-10-12-14-16-18-20-22-24-26(28)29-5/h21,23,25H,8-9,14-15,20,22,24H2,1-7H3/b23-21+/t25-/m0/s1. The maximum absolute atomic E-state index is 10.9. The largest absolute Gasteiger partial charge is 0.469 e. The van der Waals surface area contributed by atoms with Crippen molar-refractivity contribution in [1.29, 1.82) is 0 Å². The highest BCUT2D eigenvalue weighted by atomic mass is 28.4. The van der Waals surface area contributed by atoms with Crippen LogP contribution in [0.3, 0.4) is 0 Å². The number of unbranched alkanes of at least 4 members (excludes halogenated alkanes) is 1. The molecule has 0 saturated carbocycles. The van der Waals surface area contributed by atoms with Gasteiger partial charge in [-0.05, 0) is 43.1 Å². The lowest BCUT2D eigenvalue weighted by molar-refractivity contribution is -0.140. The van der Waals surface area contributed by atoms with Gasteiger partial charge in [-0.15, -0.1) is 5.92 Å². The second-order valence-electron chi connectivity index (χ2n) is 8.53. The molecule has 0 aliphatic heterocycles. The van der Waals surface area contributed by atoms with Crippen molar-refractivity contribution >= 4 is 14.3 Å². The molecule has 0 N–H and O–H groups in total. The van der Waals surface area contributed by atoms with E-state index in [-0.39, 0.29) is 17.1 Å². The third-order valence-corrected chi connectivity index (χ3v) is 9.47. The maximum Gasteiger partial charge on any atom is 0.305 e. The van der Waals surface area contributed by atoms with Gasteiger partial charge in [0.1, 0.15) is 0 Å². The van der Waals surface area contributed by atoms with E-state index >= 15 is 0 Å². The summed E-state index contributed by atoms with van der Waals surface area (Å²) in [6, 6.07) is 0. The summed E-state index contributed by atoms with van der Waals surface area (Å²) in [6.07, 6.45) is 8.41. The fourth-order valence-corrected chi connectivity index (χ4v) is 3.39. The molecule has 0 aromatic carbocycles. The SMILES string of the molecule is CC[C@@H](/C=C/C#CCC#CCC#CCC#CCCCC(=O)OC)O[Si](C)(C)C(C)(C)C. The average Bonchev–Trinajstić information content (AvgIpc) is 2.71. The van der Waals surface area contributed by atoms with Gasteiger partial charge in [0.25, 0.3) is 0 Å². The van der Waals surface area contributed by atoms with Crippen molar-refractivity contribution in [2.75, 3.05) is 7.11 Å². The second kappa shape index (κ2) is 16.3. The van der Waals surface area contributed by atoms with Crippen LogP contribution in [-0.2, 0) is 14.0 Å². The third-order valence-electron chi connectivity index (χ3n) is 4.97. The van der Waals surface area contributed by atoms with E-state index in [1.54, 1.807) is 0 Å². The molecular weight excluding hydrogens is 400 g/mol. The highest BCUT2D eigenvalue weighted by Gasteiger charge is 2.38. The summed E-state index contributed by atoms with van der Waals surface area (Å²) in [5.74, 6) is 23.9. The molecule has 1 atom stereocenters. The summed E-state index contributed by atoms with van der Waals surface area (Å²) in [7, 11) is -0.370. The molecule has 3 nitrogen and oxygen atoms in total. The van der Waals surface area contributed by atoms with E-state index in [0.29, 0.717) is 32.1 Å². The van der Waals surface area contributed by atoms with Gasteiger partial charge in [-0.3, -0.25) is 4.79 Å². The summed E-state index contributed by atoms with van der Waals surface area (Å²) in [6.45, 7) is 13.4. The Balaban J connectivity index is 4.17. The van der Waals surface area contributed by atoms with Crippen LogP contribution >= 0.6 is 0 Å². The van der Waals surface area contributed by atoms with Crippen LogP contribution in [0.2, 0.25) is 18.1 Å². The van der Waals surface area contributed by atoms with Gasteiger partial charge in [0.05, 0.1) is 32.5 Å². The first-order chi connectivity index (χ1) is 14.6. The minimum atomic E-state index is -1.76. The van der Waals surface area contributed by atoms with E-state index in [9.17, 15) is 4.79 Å². The minimum Gasteiger partial charge on any atom is -0.469 e. The summed E-state index contributed by atoms with van der Waals surface area (Å²) in [5, 5.41) is 0.205. The Bertz CT molecular complexity index is 815. The molecular formula is C27H38O3Si. The van der Waals surface area contributed by atoms with E-state index in [2.05, 4.69) is 99.0 Å². The molecule has 168 valence electrons. The lowest BCUT2D eigenvalue weighted by atomic mass is 10.2. The molecule has 0 aromatic heterocycles. The second-order valence-corrected chi connectivity index (χ2v) is 13.3. The molecule has 0 heterocycles. The van der Waals surface area contributed by atoms with Gasteiger partial charge in [0.15, 0.2) is 8.32 Å². The van der Waals surface area contributed by atoms with Crippen molar-refractivity contribution in [3.8, 4) is 47.4 Å². The van der Waals surface area contributed by atoms with Gasteiger partial charge < -0.3 is 9.16 Å². The van der Waals surface area contributed by atoms with E-state index in [0.717, 1.165) is 12.8 Å². The number of ether oxygens (including phenoxy) is 1. The Morgan fingerprint density at radius 2 is 1.52 bits per heavy atom. The summed E-state index contributed by atoms with van der Waals surface area (Å²) < 4.78 is 11.0. The Labute approximate surface area is 191 Å². The molecule has 0 aliphatic rings. The molecule has 4 heteroatoms. The molecule has 0 fully saturated rings. The molecule has 0 aromatic rings. The molecule has 0 amide bonds. The maximum atomic E-state index is 10.9. The van der Waals surface area contributed by atoms with Gasteiger partial charge >= 0.3 is 5.97 Å². The van der Waals surface area contributed by atoms with Crippen molar-refractivity contribution < 1.29 is 14.0 Å². The normalized spacial score (nSPS) is 11.6. The van der Waals surface area contributed by atoms with E-state index in [4.69, 9.17) is 4.43 Å². The molecule has 0 radical (unpaired) electrons. The Morgan fingerprint density at radius 1 is 0.968 bits per heavy atom. The summed E-state index contributed by atoms with van der Waals surface area (Å²) >= 11 is 0. The average molecular weight is 439 g/mol. The topological polar surface area (TPSA) is 35.5 Å². The molecule has 0 rings (SSSR count). The van der Waals surface area contributed by atoms with Crippen LogP contribution in [0.25, 0.3) is 0 Å². The Hall–Kier alpha value is -2.37. The number of methoxy groups -OCH3 is 1. The van der Waals surface area contributed by atoms with Gasteiger partial charge in [0.2, 0.25) is 0 Å². The van der Waals surface area contributed by atoms with Crippen LogP contribution in [0.5, 0.6) is 0 Å². The van der Waals surface area contributed by atoms with E-state index < -0.39 is 8.32 Å². The smallest absolute Gasteiger partial charge is 0.305 e. The molecule has 0 spiro atoms. The quantitative estimate of drug-likeness (QED) is 0.216. The van der Waals surface area contributed by atoms with Gasteiger partial charge in [-0.25, -0.2) is 0 Å². The number of esters is 1. The van der Waals surface area contributed by atoms with Crippen LogP contribution in [-0.4, -0.2) is 27.5 Å². The Morgan fingerprint density at radius 3 is 2.03 bits per heavy atom. The fourth-order valence-electron chi connectivity index (χ4n) is 2.04. The van der Waals surface area contributed by atoms with Crippen molar-refractivity contribution in [3.63, 3.8) is 0 Å². The first-order valence-electron chi connectivity index (χ1n) is 10.9. The van der Waals surface area contributed by atoms with Crippen LogP contribution in [0.4, 0.5) is 0 Å². The predicted molar refractivity (Wildman–Crippen MR) is 132 cm³/mol. The zero-order valence-corrected chi connectivity index (χ0v) is 21.4. The van der Waals surface area contributed by atoms with Crippen LogP contribution in [0, 0.1) is 47.4 Å². The zero-order valence-electron chi connectivity index (χ0n) is 20.4. The zero-order chi connectivity index (χ0) is 23.6. The van der Waals surface area contributed by atoms with E-state index in [1.807, 2.05) is 6.08 Å². The Kier molecular flexibility index (Phi) is 15.1.